The lowest BCUT2D eigenvalue weighted by molar-refractivity contribution is -0.121. The van der Waals surface area contributed by atoms with Crippen molar-refractivity contribution < 1.29 is 19.1 Å². The number of anilines is 1. The fraction of sp³-hybridized carbons (Fsp3) is 0.421. The van der Waals surface area contributed by atoms with Gasteiger partial charge in [-0.2, -0.15) is 5.26 Å². The first-order chi connectivity index (χ1) is 13.5. The topological polar surface area (TPSA) is 107 Å². The molecule has 3 atom stereocenters. The molecule has 0 spiro atoms. The Kier molecular flexibility index (Phi) is 4.16. The predicted octanol–water partition coefficient (Wildman–Crippen LogP) is 1.02. The van der Waals surface area contributed by atoms with Crippen LogP contribution < -0.4 is 4.90 Å². The number of imide groups is 1. The molecule has 0 N–H and O–H groups in total. The van der Waals surface area contributed by atoms with E-state index in [9.17, 15) is 14.4 Å². The monoisotopic (exact) mass is 379 g/mol. The molecule has 4 heterocycles. The second-order valence-electron chi connectivity index (χ2n) is 6.96. The fourth-order valence-corrected chi connectivity index (χ4v) is 4.18. The zero-order chi connectivity index (χ0) is 20.0. The van der Waals surface area contributed by atoms with Crippen LogP contribution in [0.1, 0.15) is 24.1 Å². The van der Waals surface area contributed by atoms with Crippen molar-refractivity contribution in [3.05, 3.63) is 23.5 Å². The summed E-state index contributed by atoms with van der Waals surface area (Å²) in [5, 5.41) is 9.02. The van der Waals surface area contributed by atoms with Gasteiger partial charge in [-0.15, -0.1) is 12.3 Å². The van der Waals surface area contributed by atoms with Crippen LogP contribution in [0.5, 0.6) is 0 Å². The number of likely N-dealkylation sites (tertiary alicyclic amines) is 1. The quantitative estimate of drug-likeness (QED) is 0.441. The maximum absolute atomic E-state index is 13.0. The Labute approximate surface area is 161 Å². The van der Waals surface area contributed by atoms with Crippen LogP contribution in [0.4, 0.5) is 15.3 Å². The number of fused-ring (bicyclic) bond motifs is 5. The Hall–Kier alpha value is -3.59. The van der Waals surface area contributed by atoms with Crippen molar-refractivity contribution >= 4 is 23.7 Å². The second kappa shape index (κ2) is 6.54. The number of terminal acetylenes is 1. The lowest BCUT2D eigenvalue weighted by Crippen LogP contribution is -2.55. The molecular weight excluding hydrogens is 362 g/mol. The van der Waals surface area contributed by atoms with Crippen molar-refractivity contribution in [2.75, 3.05) is 18.1 Å². The van der Waals surface area contributed by atoms with Crippen LogP contribution in [0.3, 0.4) is 0 Å². The standard InChI is InChI=1S/C19H17N5O4/c1-3-4-5-28-19(27)22-10-13-7-15(22)16-17(25)24(18(26)23(13)16)12-6-11(2)14(8-20)21-9-12/h1,6,9,13,15-16H,4-5,7,10H2,2H3/t13-,15?,16-/m1/s1. The van der Waals surface area contributed by atoms with Gasteiger partial charge in [-0.3, -0.25) is 4.79 Å². The maximum atomic E-state index is 13.0. The van der Waals surface area contributed by atoms with Crippen molar-refractivity contribution in [1.29, 1.82) is 5.26 Å². The van der Waals surface area contributed by atoms with E-state index in [1.807, 2.05) is 6.07 Å². The molecule has 0 aliphatic carbocycles. The lowest BCUT2D eigenvalue weighted by atomic mass is 10.1. The van der Waals surface area contributed by atoms with Crippen LogP contribution in [0.15, 0.2) is 12.3 Å². The number of carbonyl (C=O) groups excluding carboxylic acids is 3. The van der Waals surface area contributed by atoms with Gasteiger partial charge in [0.05, 0.1) is 24.0 Å². The Balaban J connectivity index is 1.57. The van der Waals surface area contributed by atoms with Crippen molar-refractivity contribution in [2.24, 2.45) is 0 Å². The number of hydrogen-bond acceptors (Lipinski definition) is 6. The highest BCUT2D eigenvalue weighted by atomic mass is 16.6. The zero-order valence-corrected chi connectivity index (χ0v) is 15.2. The van der Waals surface area contributed by atoms with Crippen molar-refractivity contribution in [1.82, 2.24) is 14.8 Å². The van der Waals surface area contributed by atoms with Crippen LogP contribution in [0.2, 0.25) is 0 Å². The number of ether oxygens (including phenoxy) is 1. The van der Waals surface area contributed by atoms with Crippen molar-refractivity contribution in [2.45, 2.75) is 37.9 Å². The van der Waals surface area contributed by atoms with Gasteiger partial charge in [-0.1, -0.05) is 0 Å². The van der Waals surface area contributed by atoms with E-state index in [2.05, 4.69) is 10.9 Å². The van der Waals surface area contributed by atoms with Gasteiger partial charge in [0.1, 0.15) is 24.4 Å². The first-order valence-corrected chi connectivity index (χ1v) is 8.87. The van der Waals surface area contributed by atoms with Crippen LogP contribution >= 0.6 is 0 Å². The molecule has 4 rings (SSSR count). The van der Waals surface area contributed by atoms with Gasteiger partial charge in [-0.05, 0) is 25.0 Å². The van der Waals surface area contributed by atoms with Gasteiger partial charge in [0, 0.05) is 13.0 Å². The number of nitriles is 1. The number of carbonyl (C=O) groups is 3. The van der Waals surface area contributed by atoms with E-state index in [1.165, 1.54) is 11.1 Å². The third-order valence-electron chi connectivity index (χ3n) is 5.40. The first-order valence-electron chi connectivity index (χ1n) is 8.87. The number of aryl methyl sites for hydroxylation is 1. The number of hydrogen-bond donors (Lipinski definition) is 0. The highest BCUT2D eigenvalue weighted by molar-refractivity contribution is 6.22. The van der Waals surface area contributed by atoms with E-state index in [0.29, 0.717) is 30.6 Å². The first kappa shape index (κ1) is 17.8. The summed E-state index contributed by atoms with van der Waals surface area (Å²) in [7, 11) is 0. The molecule has 4 amide bonds. The van der Waals surface area contributed by atoms with Gasteiger partial charge >= 0.3 is 12.1 Å². The van der Waals surface area contributed by atoms with E-state index >= 15 is 0 Å². The van der Waals surface area contributed by atoms with E-state index in [4.69, 9.17) is 16.4 Å². The number of nitrogens with zero attached hydrogens (tertiary/aromatic N) is 5. The minimum atomic E-state index is -0.734. The summed E-state index contributed by atoms with van der Waals surface area (Å²) in [6.07, 6.45) is 6.85. The molecule has 0 saturated carbocycles. The van der Waals surface area contributed by atoms with Crippen LogP contribution in [0.25, 0.3) is 0 Å². The molecule has 3 aliphatic heterocycles. The second-order valence-corrected chi connectivity index (χ2v) is 6.96. The van der Waals surface area contributed by atoms with Gasteiger partial charge in [0.2, 0.25) is 0 Å². The molecule has 1 aromatic rings. The summed E-state index contributed by atoms with van der Waals surface area (Å²) in [6.45, 7) is 2.14. The van der Waals surface area contributed by atoms with Crippen molar-refractivity contribution in [3.63, 3.8) is 0 Å². The molecule has 3 saturated heterocycles. The molecular formula is C19H17N5O4. The van der Waals surface area contributed by atoms with E-state index in [-0.39, 0.29) is 18.3 Å². The third-order valence-corrected chi connectivity index (χ3v) is 5.40. The molecule has 2 bridgehead atoms. The largest absolute Gasteiger partial charge is 0.448 e. The molecule has 0 radical (unpaired) electrons. The molecule has 1 aromatic heterocycles. The maximum Gasteiger partial charge on any atom is 0.410 e. The SMILES string of the molecule is C#CCCOC(=O)N1C[C@H]2CC1[C@@H]1C(=O)N(c3cnc(C#N)c(C)c3)C(=O)N21. The minimum absolute atomic E-state index is 0.118. The lowest BCUT2D eigenvalue weighted by Gasteiger charge is -2.34. The summed E-state index contributed by atoms with van der Waals surface area (Å²) in [5.41, 5.74) is 1.14. The average molecular weight is 379 g/mol. The molecule has 1 unspecified atom stereocenters. The number of piperazine rings is 1. The average Bonchev–Trinajstić information content (AvgIpc) is 3.33. The van der Waals surface area contributed by atoms with Crippen LogP contribution in [-0.4, -0.2) is 64.1 Å². The third kappa shape index (κ3) is 2.48. The Bertz CT molecular complexity index is 962. The summed E-state index contributed by atoms with van der Waals surface area (Å²) < 4.78 is 5.16. The Morgan fingerprint density at radius 1 is 1.46 bits per heavy atom. The van der Waals surface area contributed by atoms with E-state index in [0.717, 1.165) is 4.90 Å². The Morgan fingerprint density at radius 3 is 2.93 bits per heavy atom. The van der Waals surface area contributed by atoms with Crippen LogP contribution in [-0.2, 0) is 9.53 Å². The number of amides is 4. The molecule has 9 nitrogen and oxygen atoms in total. The summed E-state index contributed by atoms with van der Waals surface area (Å²) in [6, 6.07) is 1.75. The Morgan fingerprint density at radius 2 is 2.25 bits per heavy atom. The van der Waals surface area contributed by atoms with E-state index < -0.39 is 30.1 Å². The molecule has 142 valence electrons. The molecule has 9 heteroatoms. The summed E-state index contributed by atoms with van der Waals surface area (Å²) in [5.74, 6) is 2.00. The highest BCUT2D eigenvalue weighted by Crippen LogP contribution is 2.42. The zero-order valence-electron chi connectivity index (χ0n) is 15.2. The van der Waals surface area contributed by atoms with Gasteiger partial charge < -0.3 is 14.5 Å². The molecule has 28 heavy (non-hydrogen) atoms. The number of rotatable bonds is 3. The number of aromatic nitrogens is 1. The molecule has 3 fully saturated rings. The molecule has 0 aromatic carbocycles. The van der Waals surface area contributed by atoms with Crippen molar-refractivity contribution in [3.8, 4) is 18.4 Å². The highest BCUT2D eigenvalue weighted by Gasteiger charge is 2.63. The molecule has 3 aliphatic rings. The predicted molar refractivity (Wildman–Crippen MR) is 95.9 cm³/mol. The smallest absolute Gasteiger partial charge is 0.410 e. The minimum Gasteiger partial charge on any atom is -0.448 e. The summed E-state index contributed by atoms with van der Waals surface area (Å²) in [4.78, 5) is 46.4. The normalized spacial score (nSPS) is 25.0. The number of urea groups is 1. The van der Waals surface area contributed by atoms with Crippen LogP contribution in [0, 0.1) is 30.6 Å². The summed E-state index contributed by atoms with van der Waals surface area (Å²) >= 11 is 0. The fourth-order valence-electron chi connectivity index (χ4n) is 4.18. The van der Waals surface area contributed by atoms with Gasteiger partial charge in [0.15, 0.2) is 0 Å². The van der Waals surface area contributed by atoms with E-state index in [1.54, 1.807) is 17.9 Å². The van der Waals surface area contributed by atoms with Gasteiger partial charge in [0.25, 0.3) is 5.91 Å². The number of pyridine rings is 1. The van der Waals surface area contributed by atoms with Gasteiger partial charge in [-0.25, -0.2) is 19.5 Å².